The summed E-state index contributed by atoms with van der Waals surface area (Å²) in [5.74, 6) is 0. The van der Waals surface area contributed by atoms with Gasteiger partial charge in [0, 0.05) is 18.6 Å². The van der Waals surface area contributed by atoms with Gasteiger partial charge in [0.1, 0.15) is 0 Å². The lowest BCUT2D eigenvalue weighted by Gasteiger charge is -2.39. The van der Waals surface area contributed by atoms with Crippen molar-refractivity contribution >= 4 is 0 Å². The molecular weight excluding hydrogens is 212 g/mol. The molecule has 0 aliphatic heterocycles. The van der Waals surface area contributed by atoms with E-state index < -0.39 is 0 Å². The Morgan fingerprint density at radius 1 is 1.12 bits per heavy atom. The van der Waals surface area contributed by atoms with Crippen LogP contribution in [0.1, 0.15) is 47.0 Å². The summed E-state index contributed by atoms with van der Waals surface area (Å²) in [4.78, 5) is 4.66. The first-order chi connectivity index (χ1) is 7.97. The molecule has 0 aliphatic rings. The molecule has 0 spiro atoms. The molecule has 0 aromatic rings. The Hall–Kier alpha value is -0.120. The summed E-state index contributed by atoms with van der Waals surface area (Å²) >= 11 is 0. The molecule has 0 aromatic carbocycles. The van der Waals surface area contributed by atoms with Gasteiger partial charge in [-0.2, -0.15) is 0 Å². The number of rotatable bonds is 9. The van der Waals surface area contributed by atoms with E-state index >= 15 is 0 Å². The number of aliphatic hydroxyl groups is 1. The summed E-state index contributed by atoms with van der Waals surface area (Å²) in [7, 11) is 4.21. The van der Waals surface area contributed by atoms with Crippen LogP contribution in [-0.2, 0) is 0 Å². The van der Waals surface area contributed by atoms with Gasteiger partial charge in [0.25, 0.3) is 0 Å². The van der Waals surface area contributed by atoms with E-state index in [1.807, 2.05) is 0 Å². The van der Waals surface area contributed by atoms with E-state index in [0.717, 1.165) is 32.4 Å². The fourth-order valence-electron chi connectivity index (χ4n) is 2.72. The molecule has 0 saturated heterocycles. The minimum absolute atomic E-state index is 0.186. The summed E-state index contributed by atoms with van der Waals surface area (Å²) in [5, 5.41) is 10.2. The maximum Gasteiger partial charge on any atom is 0.0695 e. The van der Waals surface area contributed by atoms with E-state index in [2.05, 4.69) is 51.6 Å². The molecule has 0 amide bonds. The van der Waals surface area contributed by atoms with Gasteiger partial charge in [0.05, 0.1) is 6.10 Å². The maximum absolute atomic E-state index is 10.2. The summed E-state index contributed by atoms with van der Waals surface area (Å²) < 4.78 is 0. The summed E-state index contributed by atoms with van der Waals surface area (Å²) in [6.45, 7) is 10.8. The quantitative estimate of drug-likeness (QED) is 0.673. The van der Waals surface area contributed by atoms with Gasteiger partial charge in [0.2, 0.25) is 0 Å². The Morgan fingerprint density at radius 3 is 2.06 bits per heavy atom. The molecule has 104 valence electrons. The van der Waals surface area contributed by atoms with Crippen molar-refractivity contribution in [3.63, 3.8) is 0 Å². The second kappa shape index (κ2) is 8.90. The molecule has 0 bridgehead atoms. The standard InChI is InChI=1S/C14H32N2O/c1-7-10-14(17)13(8-2)16(9-3)12(4)11-15(5)6/h12-14,17H,7-11H2,1-6H3. The van der Waals surface area contributed by atoms with Crippen molar-refractivity contribution in [3.8, 4) is 0 Å². The van der Waals surface area contributed by atoms with E-state index in [0.29, 0.717) is 12.1 Å². The Morgan fingerprint density at radius 2 is 1.71 bits per heavy atom. The highest BCUT2D eigenvalue weighted by atomic mass is 16.3. The Bertz CT molecular complexity index is 185. The van der Waals surface area contributed by atoms with Gasteiger partial charge in [-0.15, -0.1) is 0 Å². The van der Waals surface area contributed by atoms with Crippen LogP contribution in [-0.4, -0.2) is 60.3 Å². The average Bonchev–Trinajstić information content (AvgIpc) is 2.24. The number of likely N-dealkylation sites (N-methyl/N-ethyl adjacent to an activating group) is 2. The van der Waals surface area contributed by atoms with Crippen LogP contribution >= 0.6 is 0 Å². The van der Waals surface area contributed by atoms with Crippen LogP contribution in [0, 0.1) is 0 Å². The predicted molar refractivity (Wildman–Crippen MR) is 75.4 cm³/mol. The SMILES string of the molecule is CCCC(O)C(CC)N(CC)C(C)CN(C)C. The summed E-state index contributed by atoms with van der Waals surface area (Å²) in [6.07, 6.45) is 2.79. The van der Waals surface area contributed by atoms with Gasteiger partial charge in [-0.3, -0.25) is 4.90 Å². The third-order valence-corrected chi connectivity index (χ3v) is 3.43. The van der Waals surface area contributed by atoms with Crippen molar-refractivity contribution < 1.29 is 5.11 Å². The fourth-order valence-corrected chi connectivity index (χ4v) is 2.72. The highest BCUT2D eigenvalue weighted by molar-refractivity contribution is 4.81. The summed E-state index contributed by atoms with van der Waals surface area (Å²) in [5.41, 5.74) is 0. The van der Waals surface area contributed by atoms with E-state index in [4.69, 9.17) is 0 Å². The van der Waals surface area contributed by atoms with E-state index in [-0.39, 0.29) is 6.10 Å². The van der Waals surface area contributed by atoms with E-state index in [9.17, 15) is 5.11 Å². The van der Waals surface area contributed by atoms with Gasteiger partial charge in [-0.1, -0.05) is 27.2 Å². The van der Waals surface area contributed by atoms with Crippen LogP contribution in [0.2, 0.25) is 0 Å². The van der Waals surface area contributed by atoms with Crippen molar-refractivity contribution in [2.24, 2.45) is 0 Å². The van der Waals surface area contributed by atoms with Gasteiger partial charge < -0.3 is 10.0 Å². The zero-order valence-corrected chi connectivity index (χ0v) is 12.6. The third kappa shape index (κ3) is 5.84. The average molecular weight is 244 g/mol. The molecule has 0 rings (SSSR count). The lowest BCUT2D eigenvalue weighted by atomic mass is 10.0. The number of aliphatic hydroxyl groups excluding tert-OH is 1. The van der Waals surface area contributed by atoms with Gasteiger partial charge >= 0.3 is 0 Å². The molecule has 3 unspecified atom stereocenters. The molecule has 1 N–H and O–H groups in total. The van der Waals surface area contributed by atoms with Gasteiger partial charge in [-0.25, -0.2) is 0 Å². The zero-order chi connectivity index (χ0) is 13.4. The topological polar surface area (TPSA) is 26.7 Å². The number of nitrogens with zero attached hydrogens (tertiary/aromatic N) is 2. The highest BCUT2D eigenvalue weighted by Crippen LogP contribution is 2.16. The molecule has 0 aliphatic carbocycles. The molecule has 3 heteroatoms. The first-order valence-electron chi connectivity index (χ1n) is 7.06. The number of hydrogen-bond acceptors (Lipinski definition) is 3. The second-order valence-electron chi connectivity index (χ2n) is 5.27. The first kappa shape index (κ1) is 16.9. The molecular formula is C14H32N2O. The van der Waals surface area contributed by atoms with Crippen molar-refractivity contribution in [1.29, 1.82) is 0 Å². The molecule has 3 nitrogen and oxygen atoms in total. The lowest BCUT2D eigenvalue weighted by Crippen LogP contribution is -2.50. The van der Waals surface area contributed by atoms with Gasteiger partial charge in [0.15, 0.2) is 0 Å². The Balaban J connectivity index is 4.56. The first-order valence-corrected chi connectivity index (χ1v) is 7.06. The van der Waals surface area contributed by atoms with E-state index in [1.54, 1.807) is 0 Å². The molecule has 0 heterocycles. The van der Waals surface area contributed by atoms with Crippen LogP contribution in [0.3, 0.4) is 0 Å². The predicted octanol–water partition coefficient (Wildman–Crippen LogP) is 2.20. The van der Waals surface area contributed by atoms with Crippen LogP contribution in [0.15, 0.2) is 0 Å². The van der Waals surface area contributed by atoms with Gasteiger partial charge in [-0.05, 0) is 40.4 Å². The van der Waals surface area contributed by atoms with Crippen molar-refractivity contribution in [1.82, 2.24) is 9.80 Å². The molecule has 17 heavy (non-hydrogen) atoms. The largest absolute Gasteiger partial charge is 0.391 e. The fraction of sp³-hybridized carbons (Fsp3) is 1.00. The molecule has 0 saturated carbocycles. The van der Waals surface area contributed by atoms with Crippen LogP contribution in [0.5, 0.6) is 0 Å². The number of hydrogen-bond donors (Lipinski definition) is 1. The van der Waals surface area contributed by atoms with Crippen LogP contribution in [0.4, 0.5) is 0 Å². The normalized spacial score (nSPS) is 17.5. The molecule has 3 atom stereocenters. The Labute approximate surface area is 108 Å². The summed E-state index contributed by atoms with van der Waals surface area (Å²) in [6, 6.07) is 0.793. The second-order valence-corrected chi connectivity index (χ2v) is 5.27. The lowest BCUT2D eigenvalue weighted by molar-refractivity contribution is 0.0179. The van der Waals surface area contributed by atoms with E-state index in [1.165, 1.54) is 0 Å². The van der Waals surface area contributed by atoms with Crippen molar-refractivity contribution in [3.05, 3.63) is 0 Å². The minimum Gasteiger partial charge on any atom is -0.391 e. The monoisotopic (exact) mass is 244 g/mol. The maximum atomic E-state index is 10.2. The molecule has 0 radical (unpaired) electrons. The minimum atomic E-state index is -0.186. The van der Waals surface area contributed by atoms with Crippen molar-refractivity contribution in [2.75, 3.05) is 27.2 Å². The van der Waals surface area contributed by atoms with Crippen molar-refractivity contribution in [2.45, 2.75) is 65.1 Å². The highest BCUT2D eigenvalue weighted by Gasteiger charge is 2.26. The van der Waals surface area contributed by atoms with Crippen LogP contribution < -0.4 is 0 Å². The molecule has 0 aromatic heterocycles. The zero-order valence-electron chi connectivity index (χ0n) is 12.6. The smallest absolute Gasteiger partial charge is 0.0695 e. The molecule has 0 fully saturated rings. The third-order valence-electron chi connectivity index (χ3n) is 3.43. The van der Waals surface area contributed by atoms with Crippen LogP contribution in [0.25, 0.3) is 0 Å². The Kier molecular flexibility index (Phi) is 8.83.